The van der Waals surface area contributed by atoms with Gasteiger partial charge in [0.1, 0.15) is 0 Å². The van der Waals surface area contributed by atoms with Crippen LogP contribution < -0.4 is 0 Å². The molecule has 1 aliphatic heterocycles. The van der Waals surface area contributed by atoms with Gasteiger partial charge in [0.05, 0.1) is 11.0 Å². The van der Waals surface area contributed by atoms with Gasteiger partial charge in [-0.3, -0.25) is 15.0 Å². The minimum absolute atomic E-state index is 0.0437. The van der Waals surface area contributed by atoms with Crippen molar-refractivity contribution in [3.63, 3.8) is 0 Å². The van der Waals surface area contributed by atoms with E-state index in [2.05, 4.69) is 46.7 Å². The second kappa shape index (κ2) is 10.2. The molecule has 6 heteroatoms. The molecule has 1 saturated heterocycles. The zero-order valence-corrected chi connectivity index (χ0v) is 18.3. The Morgan fingerprint density at radius 1 is 1.03 bits per heavy atom. The number of non-ortho nitro benzene ring substituents is 1. The fourth-order valence-electron chi connectivity index (χ4n) is 4.53. The van der Waals surface area contributed by atoms with Gasteiger partial charge in [-0.2, -0.15) is 0 Å². The van der Waals surface area contributed by atoms with Crippen molar-refractivity contribution in [1.29, 1.82) is 0 Å². The number of hydrogen-bond acceptors (Lipinski definition) is 5. The Morgan fingerprint density at radius 3 is 2.35 bits per heavy atom. The molecule has 3 aromatic rings. The number of aliphatic hydroxyl groups is 1. The quantitative estimate of drug-likeness (QED) is 0.387. The highest BCUT2D eigenvalue weighted by Gasteiger charge is 2.31. The number of likely N-dealkylation sites (tertiary alicyclic amines) is 1. The number of nitro groups is 1. The molecule has 1 aromatic heterocycles. The first-order chi connectivity index (χ1) is 15.1. The van der Waals surface area contributed by atoms with Gasteiger partial charge in [0.2, 0.25) is 0 Å². The van der Waals surface area contributed by atoms with Crippen LogP contribution in [0.5, 0.6) is 0 Å². The largest absolute Gasteiger partial charge is 0.387 e. The Bertz CT molecular complexity index is 952. The lowest BCUT2D eigenvalue weighted by atomic mass is 9.88. The summed E-state index contributed by atoms with van der Waals surface area (Å²) in [5.41, 5.74) is 2.17. The smallest absolute Gasteiger partial charge is 0.269 e. The lowest BCUT2D eigenvalue weighted by Crippen LogP contribution is -2.45. The lowest BCUT2D eigenvalue weighted by molar-refractivity contribution is -0.384. The van der Waals surface area contributed by atoms with E-state index in [4.69, 9.17) is 0 Å². The minimum atomic E-state index is -0.687. The number of nitro benzene ring substituents is 1. The molecule has 31 heavy (non-hydrogen) atoms. The molecule has 1 fully saturated rings. The fourth-order valence-corrected chi connectivity index (χ4v) is 5.28. The zero-order chi connectivity index (χ0) is 21.6. The van der Waals surface area contributed by atoms with Crippen LogP contribution in [0.1, 0.15) is 34.9 Å². The summed E-state index contributed by atoms with van der Waals surface area (Å²) >= 11 is 1.71. The molecule has 2 aromatic carbocycles. The lowest BCUT2D eigenvalue weighted by Gasteiger charge is -2.40. The second-order valence-corrected chi connectivity index (χ2v) is 9.35. The highest BCUT2D eigenvalue weighted by molar-refractivity contribution is 7.09. The van der Waals surface area contributed by atoms with Crippen molar-refractivity contribution >= 4 is 17.0 Å². The molecule has 0 amide bonds. The van der Waals surface area contributed by atoms with E-state index < -0.39 is 11.0 Å². The molecule has 0 spiro atoms. The maximum Gasteiger partial charge on any atom is 0.269 e. The van der Waals surface area contributed by atoms with Crippen LogP contribution in [0.25, 0.3) is 0 Å². The summed E-state index contributed by atoms with van der Waals surface area (Å²) in [5, 5.41) is 24.3. The molecule has 0 aliphatic carbocycles. The summed E-state index contributed by atoms with van der Waals surface area (Å²) in [6.45, 7) is 1.91. The second-order valence-electron chi connectivity index (χ2n) is 8.31. The minimum Gasteiger partial charge on any atom is -0.387 e. The molecule has 1 aliphatic rings. The first-order valence-corrected chi connectivity index (χ1v) is 11.7. The SMILES string of the molecule is O=[N+]([O-])c1ccc(C(O)C(Cc2cccs2)N2CCC(Cc3ccccc3)CC2)cc1. The average Bonchev–Trinajstić information content (AvgIpc) is 3.32. The standard InChI is InChI=1S/C25H28N2O3S/c28-25(21-8-10-22(11-9-21)27(29)30)24(18-23-7-4-16-31-23)26-14-12-20(13-15-26)17-19-5-2-1-3-6-19/h1-11,16,20,24-25,28H,12-15,17-18H2. The summed E-state index contributed by atoms with van der Waals surface area (Å²) in [7, 11) is 0. The molecule has 0 radical (unpaired) electrons. The van der Waals surface area contributed by atoms with Crippen molar-refractivity contribution < 1.29 is 10.0 Å². The maximum absolute atomic E-state index is 11.3. The average molecular weight is 437 g/mol. The zero-order valence-electron chi connectivity index (χ0n) is 17.5. The first-order valence-electron chi connectivity index (χ1n) is 10.8. The van der Waals surface area contributed by atoms with E-state index in [-0.39, 0.29) is 11.7 Å². The Balaban J connectivity index is 1.45. The summed E-state index contributed by atoms with van der Waals surface area (Å²) in [4.78, 5) is 14.2. The summed E-state index contributed by atoms with van der Waals surface area (Å²) in [6, 6.07) is 21.1. The van der Waals surface area contributed by atoms with Crippen LogP contribution in [-0.4, -0.2) is 34.1 Å². The van der Waals surface area contributed by atoms with Crippen LogP contribution in [0, 0.1) is 16.0 Å². The van der Waals surface area contributed by atoms with Gasteiger partial charge in [-0.05, 0) is 73.0 Å². The van der Waals surface area contributed by atoms with Gasteiger partial charge in [0.25, 0.3) is 5.69 Å². The van der Waals surface area contributed by atoms with Gasteiger partial charge >= 0.3 is 0 Å². The summed E-state index contributed by atoms with van der Waals surface area (Å²) in [5.74, 6) is 0.664. The van der Waals surface area contributed by atoms with Crippen molar-refractivity contribution in [3.8, 4) is 0 Å². The Hall–Kier alpha value is -2.54. The number of nitrogens with zero attached hydrogens (tertiary/aromatic N) is 2. The van der Waals surface area contributed by atoms with Gasteiger partial charge in [0, 0.05) is 29.5 Å². The van der Waals surface area contributed by atoms with Crippen molar-refractivity contribution in [1.82, 2.24) is 4.90 Å². The number of hydrogen-bond donors (Lipinski definition) is 1. The highest BCUT2D eigenvalue weighted by Crippen LogP contribution is 2.31. The molecule has 4 rings (SSSR count). The van der Waals surface area contributed by atoms with Crippen LogP contribution >= 0.6 is 11.3 Å². The van der Waals surface area contributed by atoms with Gasteiger partial charge in [0.15, 0.2) is 0 Å². The van der Waals surface area contributed by atoms with Crippen molar-refractivity contribution in [2.24, 2.45) is 5.92 Å². The van der Waals surface area contributed by atoms with Gasteiger partial charge in [-0.1, -0.05) is 36.4 Å². The molecule has 162 valence electrons. The third-order valence-corrected chi connectivity index (χ3v) is 7.18. The predicted octanol–water partition coefficient (Wildman–Crippen LogP) is 5.26. The van der Waals surface area contributed by atoms with Crippen LogP contribution in [0.15, 0.2) is 72.1 Å². The molecule has 0 saturated carbocycles. The number of aliphatic hydroxyl groups excluding tert-OH is 1. The number of rotatable bonds is 8. The van der Waals surface area contributed by atoms with Crippen LogP contribution in [0.4, 0.5) is 5.69 Å². The molecular weight excluding hydrogens is 408 g/mol. The van der Waals surface area contributed by atoms with E-state index in [1.165, 1.54) is 22.6 Å². The number of thiophene rings is 1. The Kier molecular flexibility index (Phi) is 7.12. The summed E-state index contributed by atoms with van der Waals surface area (Å²) in [6.07, 6.45) is 3.42. The van der Waals surface area contributed by atoms with Gasteiger partial charge in [-0.25, -0.2) is 0 Å². The Morgan fingerprint density at radius 2 is 1.74 bits per heavy atom. The topological polar surface area (TPSA) is 66.6 Å². The van der Waals surface area contributed by atoms with E-state index >= 15 is 0 Å². The Labute approximate surface area is 187 Å². The van der Waals surface area contributed by atoms with E-state index in [0.29, 0.717) is 5.92 Å². The van der Waals surface area contributed by atoms with Crippen LogP contribution in [0.2, 0.25) is 0 Å². The van der Waals surface area contributed by atoms with E-state index in [1.807, 2.05) is 6.07 Å². The van der Waals surface area contributed by atoms with E-state index in [0.717, 1.165) is 44.3 Å². The van der Waals surface area contributed by atoms with Crippen molar-refractivity contribution in [2.45, 2.75) is 37.8 Å². The van der Waals surface area contributed by atoms with Gasteiger partial charge in [-0.15, -0.1) is 11.3 Å². The summed E-state index contributed by atoms with van der Waals surface area (Å²) < 4.78 is 0. The number of piperidine rings is 1. The fraction of sp³-hybridized carbons (Fsp3) is 0.360. The third kappa shape index (κ3) is 5.58. The van der Waals surface area contributed by atoms with E-state index in [1.54, 1.807) is 23.5 Å². The first kappa shape index (κ1) is 21.7. The normalized spacial score (nSPS) is 17.3. The molecule has 5 nitrogen and oxygen atoms in total. The molecule has 0 bridgehead atoms. The van der Waals surface area contributed by atoms with Crippen molar-refractivity contribution in [2.75, 3.05) is 13.1 Å². The predicted molar refractivity (Wildman–Crippen MR) is 124 cm³/mol. The van der Waals surface area contributed by atoms with Crippen molar-refractivity contribution in [3.05, 3.63) is 98.2 Å². The molecule has 1 N–H and O–H groups in total. The van der Waals surface area contributed by atoms with E-state index in [9.17, 15) is 15.2 Å². The molecule has 2 unspecified atom stereocenters. The molecule has 2 heterocycles. The van der Waals surface area contributed by atoms with Crippen LogP contribution in [-0.2, 0) is 12.8 Å². The van der Waals surface area contributed by atoms with Crippen LogP contribution in [0.3, 0.4) is 0 Å². The monoisotopic (exact) mass is 436 g/mol. The van der Waals surface area contributed by atoms with Gasteiger partial charge < -0.3 is 5.11 Å². The maximum atomic E-state index is 11.3. The highest BCUT2D eigenvalue weighted by atomic mass is 32.1. The molecule has 2 atom stereocenters. The molecular formula is C25H28N2O3S. The number of benzene rings is 2. The third-order valence-electron chi connectivity index (χ3n) is 6.29.